The van der Waals surface area contributed by atoms with Crippen molar-refractivity contribution in [2.75, 3.05) is 18.1 Å². The second-order valence-corrected chi connectivity index (χ2v) is 6.07. The minimum atomic E-state index is -0.807. The van der Waals surface area contributed by atoms with Gasteiger partial charge in [-0.3, -0.25) is 4.79 Å². The van der Waals surface area contributed by atoms with Crippen LogP contribution in [0.3, 0.4) is 0 Å². The maximum Gasteiger partial charge on any atom is 0.220 e. The van der Waals surface area contributed by atoms with Crippen LogP contribution in [0, 0.1) is 5.92 Å². The molecule has 1 aliphatic rings. The summed E-state index contributed by atoms with van der Waals surface area (Å²) in [5, 5.41) is 12.2. The van der Waals surface area contributed by atoms with Gasteiger partial charge in [0.15, 0.2) is 0 Å². The van der Waals surface area contributed by atoms with Crippen LogP contribution in [0.5, 0.6) is 0 Å². The van der Waals surface area contributed by atoms with E-state index in [9.17, 15) is 9.90 Å². The highest BCUT2D eigenvalue weighted by Gasteiger charge is 2.19. The zero-order valence-corrected chi connectivity index (χ0v) is 10.4. The van der Waals surface area contributed by atoms with E-state index in [-0.39, 0.29) is 5.91 Å². The Morgan fingerprint density at radius 1 is 1.47 bits per heavy atom. The third kappa shape index (κ3) is 6.05. The number of aliphatic hydroxyl groups is 1. The van der Waals surface area contributed by atoms with Gasteiger partial charge in [-0.15, -0.1) is 0 Å². The average molecular weight is 231 g/mol. The van der Waals surface area contributed by atoms with Gasteiger partial charge in [0.05, 0.1) is 5.60 Å². The third-order valence-corrected chi connectivity index (χ3v) is 3.58. The van der Waals surface area contributed by atoms with E-state index in [1.54, 1.807) is 13.8 Å². The van der Waals surface area contributed by atoms with E-state index >= 15 is 0 Å². The zero-order chi connectivity index (χ0) is 11.3. The first-order valence-corrected chi connectivity index (χ1v) is 6.70. The Hall–Kier alpha value is -0.220. The zero-order valence-electron chi connectivity index (χ0n) is 9.58. The van der Waals surface area contributed by atoms with Crippen LogP contribution in [0.1, 0.15) is 33.1 Å². The van der Waals surface area contributed by atoms with Crippen LogP contribution < -0.4 is 5.32 Å². The van der Waals surface area contributed by atoms with Gasteiger partial charge in [0.25, 0.3) is 0 Å². The second kappa shape index (κ2) is 5.75. The smallest absolute Gasteiger partial charge is 0.220 e. The molecule has 1 fully saturated rings. The molecule has 0 aliphatic carbocycles. The first kappa shape index (κ1) is 12.8. The van der Waals surface area contributed by atoms with Gasteiger partial charge in [0, 0.05) is 13.0 Å². The van der Waals surface area contributed by atoms with E-state index in [0.717, 1.165) is 12.8 Å². The molecule has 15 heavy (non-hydrogen) atoms. The first-order chi connectivity index (χ1) is 6.97. The molecular weight excluding hydrogens is 210 g/mol. The minimum Gasteiger partial charge on any atom is -0.389 e. The number of amides is 1. The molecule has 1 saturated heterocycles. The Kier molecular flexibility index (Phi) is 4.93. The standard InChI is InChI=1S/C11H21NO2S/c1-11(2,14)8-12-10(13)7-9-3-5-15-6-4-9/h9,14H,3-8H2,1-2H3,(H,12,13). The van der Waals surface area contributed by atoms with Crippen molar-refractivity contribution >= 4 is 17.7 Å². The van der Waals surface area contributed by atoms with E-state index in [2.05, 4.69) is 5.32 Å². The van der Waals surface area contributed by atoms with Crippen LogP contribution in [-0.4, -0.2) is 34.7 Å². The molecule has 0 aromatic rings. The normalized spacial score (nSPS) is 18.9. The summed E-state index contributed by atoms with van der Waals surface area (Å²) in [4.78, 5) is 11.5. The Morgan fingerprint density at radius 2 is 2.07 bits per heavy atom. The molecule has 0 spiro atoms. The maximum atomic E-state index is 11.5. The topological polar surface area (TPSA) is 49.3 Å². The van der Waals surface area contributed by atoms with E-state index in [1.807, 2.05) is 11.8 Å². The highest BCUT2D eigenvalue weighted by Crippen LogP contribution is 2.24. The summed E-state index contributed by atoms with van der Waals surface area (Å²) >= 11 is 1.97. The van der Waals surface area contributed by atoms with E-state index in [4.69, 9.17) is 0 Å². The van der Waals surface area contributed by atoms with Crippen LogP contribution >= 0.6 is 11.8 Å². The Bertz CT molecular complexity index is 207. The molecule has 0 unspecified atom stereocenters. The predicted molar refractivity (Wildman–Crippen MR) is 64.0 cm³/mol. The van der Waals surface area contributed by atoms with Crippen molar-refractivity contribution in [3.8, 4) is 0 Å². The van der Waals surface area contributed by atoms with Crippen molar-refractivity contribution in [3.05, 3.63) is 0 Å². The first-order valence-electron chi connectivity index (χ1n) is 5.54. The summed E-state index contributed by atoms with van der Waals surface area (Å²) in [7, 11) is 0. The SMILES string of the molecule is CC(C)(O)CNC(=O)CC1CCSCC1. The number of rotatable bonds is 4. The number of thioether (sulfide) groups is 1. The Morgan fingerprint density at radius 3 is 2.60 bits per heavy atom. The molecule has 0 aromatic carbocycles. The summed E-state index contributed by atoms with van der Waals surface area (Å²) in [6.45, 7) is 3.74. The van der Waals surface area contributed by atoms with Crippen LogP contribution in [-0.2, 0) is 4.79 Å². The fourth-order valence-corrected chi connectivity index (χ4v) is 2.80. The number of nitrogens with one attached hydrogen (secondary N) is 1. The fourth-order valence-electron chi connectivity index (χ4n) is 1.60. The van der Waals surface area contributed by atoms with Crippen LogP contribution in [0.15, 0.2) is 0 Å². The molecule has 1 amide bonds. The molecule has 1 heterocycles. The van der Waals surface area contributed by atoms with E-state index < -0.39 is 5.60 Å². The maximum absolute atomic E-state index is 11.5. The van der Waals surface area contributed by atoms with Crippen molar-refractivity contribution in [1.82, 2.24) is 5.32 Å². The van der Waals surface area contributed by atoms with Crippen molar-refractivity contribution < 1.29 is 9.90 Å². The molecule has 2 N–H and O–H groups in total. The molecule has 1 rings (SSSR count). The van der Waals surface area contributed by atoms with Crippen molar-refractivity contribution in [1.29, 1.82) is 0 Å². The molecule has 88 valence electrons. The van der Waals surface area contributed by atoms with Crippen molar-refractivity contribution in [3.63, 3.8) is 0 Å². The molecule has 0 aromatic heterocycles. The van der Waals surface area contributed by atoms with Gasteiger partial charge < -0.3 is 10.4 Å². The van der Waals surface area contributed by atoms with Gasteiger partial charge in [-0.1, -0.05) is 0 Å². The fraction of sp³-hybridized carbons (Fsp3) is 0.909. The summed E-state index contributed by atoms with van der Waals surface area (Å²) in [6.07, 6.45) is 2.93. The van der Waals surface area contributed by atoms with Gasteiger partial charge in [0.1, 0.15) is 0 Å². The molecule has 1 aliphatic heterocycles. The molecule has 3 nitrogen and oxygen atoms in total. The van der Waals surface area contributed by atoms with Crippen molar-refractivity contribution in [2.24, 2.45) is 5.92 Å². The van der Waals surface area contributed by atoms with E-state index in [0.29, 0.717) is 18.9 Å². The van der Waals surface area contributed by atoms with Gasteiger partial charge in [-0.25, -0.2) is 0 Å². The van der Waals surface area contributed by atoms with Crippen LogP contribution in [0.25, 0.3) is 0 Å². The number of hydrogen-bond acceptors (Lipinski definition) is 3. The lowest BCUT2D eigenvalue weighted by atomic mass is 9.98. The average Bonchev–Trinajstić information content (AvgIpc) is 2.15. The molecule has 0 atom stereocenters. The predicted octanol–water partition coefficient (Wildman–Crippen LogP) is 1.41. The monoisotopic (exact) mass is 231 g/mol. The second-order valence-electron chi connectivity index (χ2n) is 4.85. The third-order valence-electron chi connectivity index (χ3n) is 2.53. The molecule has 0 radical (unpaired) electrons. The lowest BCUT2D eigenvalue weighted by molar-refractivity contribution is -0.123. The molecular formula is C11H21NO2S. The van der Waals surface area contributed by atoms with Gasteiger partial charge in [-0.2, -0.15) is 11.8 Å². The Balaban J connectivity index is 2.17. The quantitative estimate of drug-likeness (QED) is 0.769. The summed E-state index contributed by atoms with van der Waals surface area (Å²) in [6, 6.07) is 0. The van der Waals surface area contributed by atoms with Crippen molar-refractivity contribution in [2.45, 2.75) is 38.7 Å². The number of hydrogen-bond donors (Lipinski definition) is 2. The number of carbonyl (C=O) groups excluding carboxylic acids is 1. The summed E-state index contributed by atoms with van der Waals surface area (Å²) in [5.41, 5.74) is -0.807. The van der Waals surface area contributed by atoms with Gasteiger partial charge >= 0.3 is 0 Å². The highest BCUT2D eigenvalue weighted by molar-refractivity contribution is 7.99. The molecule has 0 saturated carbocycles. The van der Waals surface area contributed by atoms with Gasteiger partial charge in [0.2, 0.25) is 5.91 Å². The van der Waals surface area contributed by atoms with Gasteiger partial charge in [-0.05, 0) is 44.1 Å². The van der Waals surface area contributed by atoms with E-state index in [1.165, 1.54) is 11.5 Å². The number of carbonyl (C=O) groups is 1. The summed E-state index contributed by atoms with van der Waals surface area (Å²) in [5.74, 6) is 2.99. The highest BCUT2D eigenvalue weighted by atomic mass is 32.2. The lowest BCUT2D eigenvalue weighted by Gasteiger charge is -2.22. The molecule has 4 heteroatoms. The largest absolute Gasteiger partial charge is 0.389 e. The van der Waals surface area contributed by atoms with Crippen LogP contribution in [0.2, 0.25) is 0 Å². The molecule has 0 bridgehead atoms. The minimum absolute atomic E-state index is 0.0778. The Labute approximate surface area is 96.0 Å². The van der Waals surface area contributed by atoms with Crippen LogP contribution in [0.4, 0.5) is 0 Å². The lowest BCUT2D eigenvalue weighted by Crippen LogP contribution is -2.39. The summed E-state index contributed by atoms with van der Waals surface area (Å²) < 4.78 is 0.